The molecule has 0 saturated carbocycles. The first-order valence-corrected chi connectivity index (χ1v) is 8.63. The van der Waals surface area contributed by atoms with Gasteiger partial charge in [0.2, 0.25) is 0 Å². The summed E-state index contributed by atoms with van der Waals surface area (Å²) in [5, 5.41) is 2.94. The summed E-state index contributed by atoms with van der Waals surface area (Å²) in [6.07, 6.45) is 1.59. The third kappa shape index (κ3) is 4.15. The molecule has 0 fully saturated rings. The minimum atomic E-state index is -1.00. The maximum atomic E-state index is 13.7. The Bertz CT molecular complexity index is 749. The second-order valence-electron chi connectivity index (χ2n) is 4.97. The number of amides is 1. The van der Waals surface area contributed by atoms with Crippen LogP contribution in [-0.2, 0) is 16.6 Å². The highest BCUT2D eigenvalue weighted by Crippen LogP contribution is 2.24. The number of halogens is 2. The van der Waals surface area contributed by atoms with Crippen molar-refractivity contribution < 1.29 is 13.4 Å². The Kier molecular flexibility index (Phi) is 5.32. The van der Waals surface area contributed by atoms with Crippen LogP contribution in [0, 0.1) is 12.7 Å². The van der Waals surface area contributed by atoms with Crippen molar-refractivity contribution >= 4 is 34.0 Å². The summed E-state index contributed by atoms with van der Waals surface area (Å²) in [6, 6.07) is 9.33. The fourth-order valence-electron chi connectivity index (χ4n) is 2.00. The van der Waals surface area contributed by atoms with Gasteiger partial charge in [-0.25, -0.2) is 4.39 Å². The van der Waals surface area contributed by atoms with Crippen LogP contribution < -0.4 is 5.32 Å². The Labute approximate surface area is 136 Å². The number of benzene rings is 2. The number of nitrogens with one attached hydrogen (secondary N) is 1. The lowest BCUT2D eigenvalue weighted by molar-refractivity contribution is 0.102. The van der Waals surface area contributed by atoms with E-state index in [1.165, 1.54) is 12.1 Å². The maximum absolute atomic E-state index is 13.7. The first kappa shape index (κ1) is 16.6. The van der Waals surface area contributed by atoms with E-state index >= 15 is 0 Å². The predicted molar refractivity (Wildman–Crippen MR) is 88.3 cm³/mol. The largest absolute Gasteiger partial charge is 0.321 e. The zero-order valence-electron chi connectivity index (χ0n) is 12.2. The van der Waals surface area contributed by atoms with E-state index in [2.05, 4.69) is 5.32 Å². The van der Waals surface area contributed by atoms with Crippen molar-refractivity contribution in [2.45, 2.75) is 12.7 Å². The average Bonchev–Trinajstić information content (AvgIpc) is 2.44. The summed E-state index contributed by atoms with van der Waals surface area (Å²) >= 11 is 6.05. The molecule has 3 nitrogen and oxygen atoms in total. The Hall–Kier alpha value is -1.72. The molecule has 0 spiro atoms. The van der Waals surface area contributed by atoms with Crippen molar-refractivity contribution in [1.29, 1.82) is 0 Å². The molecule has 0 aliphatic rings. The third-order valence-corrected chi connectivity index (χ3v) is 4.08. The molecule has 2 rings (SSSR count). The molecule has 116 valence electrons. The van der Waals surface area contributed by atoms with Gasteiger partial charge in [0.15, 0.2) is 0 Å². The van der Waals surface area contributed by atoms with Crippen LogP contribution in [0.25, 0.3) is 0 Å². The van der Waals surface area contributed by atoms with Gasteiger partial charge in [0.1, 0.15) is 5.82 Å². The maximum Gasteiger partial charge on any atom is 0.258 e. The predicted octanol–water partition coefficient (Wildman–Crippen LogP) is 3.92. The summed E-state index contributed by atoms with van der Waals surface area (Å²) < 4.78 is 25.0. The van der Waals surface area contributed by atoms with Crippen LogP contribution in [0.3, 0.4) is 0 Å². The molecular formula is C16H15ClFNO2S. The van der Waals surface area contributed by atoms with Crippen LogP contribution in [0.4, 0.5) is 10.1 Å². The summed E-state index contributed by atoms with van der Waals surface area (Å²) in [5.41, 5.74) is 1.90. The molecular weight excluding hydrogens is 325 g/mol. The Balaban J connectivity index is 2.27. The van der Waals surface area contributed by atoms with Crippen molar-refractivity contribution in [3.63, 3.8) is 0 Å². The van der Waals surface area contributed by atoms with Crippen molar-refractivity contribution in [3.05, 3.63) is 63.9 Å². The number of aryl methyl sites for hydroxylation is 1. The van der Waals surface area contributed by atoms with Gasteiger partial charge in [-0.3, -0.25) is 9.00 Å². The monoisotopic (exact) mass is 339 g/mol. The van der Waals surface area contributed by atoms with Crippen molar-refractivity contribution in [2.24, 2.45) is 0 Å². The standard InChI is InChI=1S/C16H15ClFNO2S/c1-10-3-6-14(18)12(7-10)16(20)19-15-8-11(9-22(2)21)4-5-13(15)17/h3-8H,9H2,1-2H3,(H,19,20)/t22-/m0/s1. The number of hydrogen-bond acceptors (Lipinski definition) is 2. The molecule has 1 amide bonds. The number of carbonyl (C=O) groups excluding carboxylic acids is 1. The molecule has 0 radical (unpaired) electrons. The summed E-state index contributed by atoms with van der Waals surface area (Å²) in [5.74, 6) is -0.804. The molecule has 22 heavy (non-hydrogen) atoms. The molecule has 0 aliphatic heterocycles. The molecule has 6 heteroatoms. The zero-order chi connectivity index (χ0) is 16.3. The van der Waals surface area contributed by atoms with Gasteiger partial charge in [0.25, 0.3) is 5.91 Å². The SMILES string of the molecule is Cc1ccc(F)c(C(=O)Nc2cc(C[S@](C)=O)ccc2Cl)c1. The second-order valence-corrected chi connectivity index (χ2v) is 6.81. The van der Waals surface area contributed by atoms with E-state index < -0.39 is 22.5 Å². The van der Waals surface area contributed by atoms with Gasteiger partial charge >= 0.3 is 0 Å². The number of rotatable bonds is 4. The smallest absolute Gasteiger partial charge is 0.258 e. The van der Waals surface area contributed by atoms with E-state index in [1.54, 1.807) is 37.4 Å². The summed E-state index contributed by atoms with van der Waals surface area (Å²) in [6.45, 7) is 1.78. The lowest BCUT2D eigenvalue weighted by Gasteiger charge is -2.10. The molecule has 2 aromatic carbocycles. The minimum Gasteiger partial charge on any atom is -0.321 e. The van der Waals surface area contributed by atoms with Crippen LogP contribution in [0.5, 0.6) is 0 Å². The van der Waals surface area contributed by atoms with E-state index in [0.29, 0.717) is 16.5 Å². The van der Waals surface area contributed by atoms with E-state index in [1.807, 2.05) is 0 Å². The fraction of sp³-hybridized carbons (Fsp3) is 0.188. The lowest BCUT2D eigenvalue weighted by Crippen LogP contribution is -2.14. The zero-order valence-corrected chi connectivity index (χ0v) is 13.7. The molecule has 0 aliphatic carbocycles. The Morgan fingerprint density at radius 3 is 2.68 bits per heavy atom. The van der Waals surface area contributed by atoms with E-state index in [-0.39, 0.29) is 5.56 Å². The van der Waals surface area contributed by atoms with Crippen LogP contribution in [-0.4, -0.2) is 16.4 Å². The van der Waals surface area contributed by atoms with Gasteiger partial charge < -0.3 is 5.32 Å². The van der Waals surface area contributed by atoms with Crippen molar-refractivity contribution in [3.8, 4) is 0 Å². The molecule has 1 atom stereocenters. The molecule has 0 bridgehead atoms. The second kappa shape index (κ2) is 7.03. The quantitative estimate of drug-likeness (QED) is 0.917. The number of anilines is 1. The van der Waals surface area contributed by atoms with Crippen LogP contribution in [0.2, 0.25) is 5.02 Å². The molecule has 0 aromatic heterocycles. The molecule has 1 N–H and O–H groups in total. The van der Waals surface area contributed by atoms with Crippen molar-refractivity contribution in [2.75, 3.05) is 11.6 Å². The minimum absolute atomic E-state index is 0.0412. The normalized spacial score (nSPS) is 12.0. The average molecular weight is 340 g/mol. The Morgan fingerprint density at radius 1 is 1.27 bits per heavy atom. The Morgan fingerprint density at radius 2 is 2.00 bits per heavy atom. The highest BCUT2D eigenvalue weighted by Gasteiger charge is 2.14. The van der Waals surface area contributed by atoms with Gasteiger partial charge in [-0.2, -0.15) is 0 Å². The van der Waals surface area contributed by atoms with E-state index in [9.17, 15) is 13.4 Å². The first-order chi connectivity index (χ1) is 10.4. The fourth-order valence-corrected chi connectivity index (χ4v) is 2.81. The van der Waals surface area contributed by atoms with Gasteiger partial charge in [0.05, 0.1) is 16.3 Å². The highest BCUT2D eigenvalue weighted by molar-refractivity contribution is 7.83. The highest BCUT2D eigenvalue weighted by atomic mass is 35.5. The topological polar surface area (TPSA) is 46.2 Å². The molecule has 0 saturated heterocycles. The molecule has 0 unspecified atom stereocenters. The van der Waals surface area contributed by atoms with Gasteiger partial charge in [-0.05, 0) is 36.8 Å². The third-order valence-electron chi connectivity index (χ3n) is 3.02. The van der Waals surface area contributed by atoms with E-state index in [4.69, 9.17) is 11.6 Å². The van der Waals surface area contributed by atoms with Crippen LogP contribution >= 0.6 is 11.6 Å². The van der Waals surface area contributed by atoms with Gasteiger partial charge in [-0.15, -0.1) is 0 Å². The lowest BCUT2D eigenvalue weighted by atomic mass is 10.1. The summed E-state index contributed by atoms with van der Waals surface area (Å²) in [7, 11) is -1.00. The number of carbonyl (C=O) groups is 1. The first-order valence-electron chi connectivity index (χ1n) is 6.53. The van der Waals surface area contributed by atoms with Crippen LogP contribution in [0.15, 0.2) is 36.4 Å². The van der Waals surface area contributed by atoms with E-state index in [0.717, 1.165) is 11.1 Å². The number of hydrogen-bond donors (Lipinski definition) is 1. The van der Waals surface area contributed by atoms with Gasteiger partial charge in [-0.1, -0.05) is 29.3 Å². The van der Waals surface area contributed by atoms with Gasteiger partial charge in [0, 0.05) is 22.8 Å². The molecule has 0 heterocycles. The molecule has 2 aromatic rings. The summed E-state index contributed by atoms with van der Waals surface area (Å²) in [4.78, 5) is 12.2. The van der Waals surface area contributed by atoms with Crippen molar-refractivity contribution in [1.82, 2.24) is 0 Å². The van der Waals surface area contributed by atoms with Crippen LogP contribution in [0.1, 0.15) is 21.5 Å².